The van der Waals surface area contributed by atoms with Crippen molar-refractivity contribution in [3.63, 3.8) is 0 Å². The number of hydrogen-bond acceptors (Lipinski definition) is 5. The quantitative estimate of drug-likeness (QED) is 0.539. The van der Waals surface area contributed by atoms with Crippen LogP contribution in [0.2, 0.25) is 0 Å². The summed E-state index contributed by atoms with van der Waals surface area (Å²) in [7, 11) is 5.97. The van der Waals surface area contributed by atoms with E-state index in [9.17, 15) is 0 Å². The van der Waals surface area contributed by atoms with Crippen LogP contribution < -0.4 is 15.5 Å². The van der Waals surface area contributed by atoms with E-state index in [-0.39, 0.29) is 6.10 Å². The molecule has 0 saturated heterocycles. The minimum absolute atomic E-state index is 0.100. The van der Waals surface area contributed by atoms with Gasteiger partial charge in [-0.25, -0.2) is 4.98 Å². The lowest BCUT2D eigenvalue weighted by atomic mass is 9.91. The van der Waals surface area contributed by atoms with Gasteiger partial charge in [-0.15, -0.1) is 0 Å². The number of fused-ring (bicyclic) bond motifs is 1. The van der Waals surface area contributed by atoms with Crippen molar-refractivity contribution in [3.05, 3.63) is 66.2 Å². The van der Waals surface area contributed by atoms with Crippen molar-refractivity contribution in [3.8, 4) is 0 Å². The molecule has 0 bridgehead atoms. The van der Waals surface area contributed by atoms with Gasteiger partial charge in [0.2, 0.25) is 0 Å². The number of para-hydroxylation sites is 1. The van der Waals surface area contributed by atoms with E-state index < -0.39 is 0 Å². The molecule has 1 fully saturated rings. The van der Waals surface area contributed by atoms with Crippen LogP contribution in [0.25, 0.3) is 10.9 Å². The lowest BCUT2D eigenvalue weighted by molar-refractivity contribution is 0.0974. The first-order valence-corrected chi connectivity index (χ1v) is 11.3. The van der Waals surface area contributed by atoms with E-state index in [2.05, 4.69) is 84.2 Å². The summed E-state index contributed by atoms with van der Waals surface area (Å²) in [5.41, 5.74) is 3.47. The lowest BCUT2D eigenvalue weighted by Crippen LogP contribution is -2.39. The molecule has 3 aromatic rings. The molecule has 0 amide bonds. The summed E-state index contributed by atoms with van der Waals surface area (Å²) in [6, 6.07) is 22.0. The summed E-state index contributed by atoms with van der Waals surface area (Å²) in [6.07, 6.45) is 4.72. The van der Waals surface area contributed by atoms with E-state index in [1.165, 1.54) is 16.6 Å². The Morgan fingerprint density at radius 3 is 2.35 bits per heavy atom. The van der Waals surface area contributed by atoms with E-state index in [0.29, 0.717) is 12.1 Å². The molecule has 4 rings (SSSR count). The first-order chi connectivity index (χ1) is 15.1. The van der Waals surface area contributed by atoms with E-state index in [1.54, 1.807) is 7.11 Å². The molecule has 2 N–H and O–H groups in total. The number of benzene rings is 2. The van der Waals surface area contributed by atoms with Crippen molar-refractivity contribution in [1.82, 2.24) is 10.3 Å². The van der Waals surface area contributed by atoms with Gasteiger partial charge in [0.1, 0.15) is 5.82 Å². The highest BCUT2D eigenvalue weighted by Gasteiger charge is 2.22. The fourth-order valence-electron chi connectivity index (χ4n) is 4.53. The Balaban J connectivity index is 1.32. The third-order valence-corrected chi connectivity index (χ3v) is 6.30. The first-order valence-electron chi connectivity index (χ1n) is 11.3. The summed E-state index contributed by atoms with van der Waals surface area (Å²) < 4.78 is 5.71. The number of ether oxygens (including phenoxy) is 1. The molecule has 1 atom stereocenters. The summed E-state index contributed by atoms with van der Waals surface area (Å²) in [4.78, 5) is 7.03. The zero-order valence-electron chi connectivity index (χ0n) is 18.8. The average Bonchev–Trinajstić information content (AvgIpc) is 2.80. The summed E-state index contributed by atoms with van der Waals surface area (Å²) in [6.45, 7) is 0.849. The molecule has 0 radical (unpaired) electrons. The predicted octanol–water partition coefficient (Wildman–Crippen LogP) is 5.00. The van der Waals surface area contributed by atoms with Gasteiger partial charge < -0.3 is 20.3 Å². The number of nitrogens with one attached hydrogen (secondary N) is 2. The summed E-state index contributed by atoms with van der Waals surface area (Å²) in [5.74, 6) is 0.974. The Labute approximate surface area is 185 Å². The van der Waals surface area contributed by atoms with Crippen LogP contribution in [0.3, 0.4) is 0 Å². The molecule has 1 heterocycles. The Morgan fingerprint density at radius 1 is 0.968 bits per heavy atom. The minimum Gasteiger partial charge on any atom is -0.377 e. The molecule has 1 aromatic heterocycles. The number of pyridine rings is 1. The highest BCUT2D eigenvalue weighted by atomic mass is 16.5. The third-order valence-electron chi connectivity index (χ3n) is 6.30. The van der Waals surface area contributed by atoms with Gasteiger partial charge in [0.05, 0.1) is 11.6 Å². The molecular weight excluding hydrogens is 384 g/mol. The predicted molar refractivity (Wildman–Crippen MR) is 130 cm³/mol. The maximum absolute atomic E-state index is 5.71. The summed E-state index contributed by atoms with van der Waals surface area (Å²) >= 11 is 0. The number of hydrogen-bond donors (Lipinski definition) is 2. The number of rotatable bonds is 8. The van der Waals surface area contributed by atoms with E-state index >= 15 is 0 Å². The second-order valence-corrected chi connectivity index (χ2v) is 8.67. The van der Waals surface area contributed by atoms with Crippen molar-refractivity contribution < 1.29 is 4.74 Å². The second kappa shape index (κ2) is 10.1. The Morgan fingerprint density at radius 2 is 1.65 bits per heavy atom. The largest absolute Gasteiger partial charge is 0.377 e. The van der Waals surface area contributed by atoms with Crippen LogP contribution in [0.4, 0.5) is 11.5 Å². The Kier molecular flexibility index (Phi) is 7.05. The molecule has 2 aromatic carbocycles. The van der Waals surface area contributed by atoms with E-state index in [0.717, 1.165) is 43.6 Å². The van der Waals surface area contributed by atoms with Crippen LogP contribution in [0, 0.1) is 0 Å². The zero-order chi connectivity index (χ0) is 21.6. The van der Waals surface area contributed by atoms with Gasteiger partial charge in [-0.2, -0.15) is 0 Å². The van der Waals surface area contributed by atoms with Crippen molar-refractivity contribution in [2.24, 2.45) is 0 Å². The Hall–Kier alpha value is -2.63. The van der Waals surface area contributed by atoms with Crippen LogP contribution in [0.15, 0.2) is 60.7 Å². The van der Waals surface area contributed by atoms with Crippen LogP contribution in [-0.2, 0) is 4.74 Å². The second-order valence-electron chi connectivity index (χ2n) is 8.67. The highest BCUT2D eigenvalue weighted by molar-refractivity contribution is 5.93. The molecule has 0 spiro atoms. The van der Waals surface area contributed by atoms with Crippen molar-refractivity contribution in [1.29, 1.82) is 0 Å². The Bertz CT molecular complexity index is 968. The fraction of sp³-hybridized carbons (Fsp3) is 0.423. The molecule has 1 aliphatic carbocycles. The highest BCUT2D eigenvalue weighted by Crippen LogP contribution is 2.29. The monoisotopic (exact) mass is 418 g/mol. The third kappa shape index (κ3) is 5.35. The van der Waals surface area contributed by atoms with E-state index in [1.807, 2.05) is 6.07 Å². The van der Waals surface area contributed by atoms with Gasteiger partial charge in [-0.1, -0.05) is 48.5 Å². The van der Waals surface area contributed by atoms with Gasteiger partial charge >= 0.3 is 0 Å². The van der Waals surface area contributed by atoms with Gasteiger partial charge in [0, 0.05) is 57.0 Å². The molecule has 31 heavy (non-hydrogen) atoms. The van der Waals surface area contributed by atoms with Gasteiger partial charge in [0.15, 0.2) is 0 Å². The lowest BCUT2D eigenvalue weighted by Gasteiger charge is -2.31. The van der Waals surface area contributed by atoms with Crippen molar-refractivity contribution in [2.75, 3.05) is 38.0 Å². The molecule has 0 aliphatic heterocycles. The molecule has 1 aliphatic rings. The standard InChI is InChI=1S/C26H34N4O/c1-30(2)24-17-26(29-23-12-8-7-11-22(23)24)28-21-15-13-20(14-16-21)27-18-25(31-3)19-9-5-4-6-10-19/h4-12,17,20-21,25,27H,13-16,18H2,1-3H3,(H,28,29)/t20-,21+,25?. The van der Waals surface area contributed by atoms with E-state index in [4.69, 9.17) is 9.72 Å². The average molecular weight is 419 g/mol. The van der Waals surface area contributed by atoms with Crippen molar-refractivity contribution in [2.45, 2.75) is 43.9 Å². The van der Waals surface area contributed by atoms with Crippen molar-refractivity contribution >= 4 is 22.4 Å². The van der Waals surface area contributed by atoms with Gasteiger partial charge in [-0.3, -0.25) is 0 Å². The van der Waals surface area contributed by atoms with Crippen LogP contribution in [0.5, 0.6) is 0 Å². The fourth-order valence-corrected chi connectivity index (χ4v) is 4.53. The SMILES string of the molecule is COC(CN[C@H]1CC[C@@H](Nc2cc(N(C)C)c3ccccc3n2)CC1)c1ccccc1. The molecule has 5 nitrogen and oxygen atoms in total. The normalized spacial score (nSPS) is 19.8. The van der Waals surface area contributed by atoms with Crippen LogP contribution in [0.1, 0.15) is 37.4 Å². The minimum atomic E-state index is 0.100. The maximum Gasteiger partial charge on any atom is 0.128 e. The van der Waals surface area contributed by atoms with Crippen LogP contribution >= 0.6 is 0 Å². The molecule has 5 heteroatoms. The maximum atomic E-state index is 5.71. The first kappa shape index (κ1) is 21.6. The number of aromatic nitrogens is 1. The number of nitrogens with zero attached hydrogens (tertiary/aromatic N) is 2. The zero-order valence-corrected chi connectivity index (χ0v) is 18.8. The van der Waals surface area contributed by atoms with Crippen LogP contribution in [-0.4, -0.2) is 44.8 Å². The molecular formula is C26H34N4O. The summed E-state index contributed by atoms with van der Waals surface area (Å²) in [5, 5.41) is 8.62. The molecule has 164 valence electrons. The van der Waals surface area contributed by atoms with Gasteiger partial charge in [-0.05, 0) is 37.3 Å². The molecule has 1 saturated carbocycles. The smallest absolute Gasteiger partial charge is 0.128 e. The number of methoxy groups -OCH3 is 1. The molecule has 1 unspecified atom stereocenters. The van der Waals surface area contributed by atoms with Gasteiger partial charge in [0.25, 0.3) is 0 Å². The topological polar surface area (TPSA) is 49.4 Å². The number of anilines is 2.